The van der Waals surface area contributed by atoms with Gasteiger partial charge in [0.05, 0.1) is 0 Å². The van der Waals surface area contributed by atoms with Crippen LogP contribution in [0.25, 0.3) is 0 Å². The Morgan fingerprint density at radius 3 is 2.17 bits per heavy atom. The number of phenols is 3. The molecule has 0 aliphatic heterocycles. The first-order chi connectivity index (χ1) is 13.9. The highest BCUT2D eigenvalue weighted by Crippen LogP contribution is 2.49. The van der Waals surface area contributed by atoms with Gasteiger partial charge in [0.25, 0.3) is 6.47 Å². The number of aryl methyl sites for hydroxylation is 1. The molecule has 0 unspecified atom stereocenters. The number of phenolic OH excluding ortho intramolecular Hbond substituents is 3. The molecule has 3 rings (SSSR count). The zero-order valence-corrected chi connectivity index (χ0v) is 17.7. The van der Waals surface area contributed by atoms with E-state index >= 15 is 0 Å². The molecule has 1 aromatic carbocycles. The van der Waals surface area contributed by atoms with Gasteiger partial charge in [0.2, 0.25) is 0 Å². The molecule has 0 spiro atoms. The Hall–Kier alpha value is -1.91. The van der Waals surface area contributed by atoms with Crippen molar-refractivity contribution in [3.63, 3.8) is 0 Å². The second kappa shape index (κ2) is 9.27. The lowest BCUT2D eigenvalue weighted by atomic mass is 9.96. The number of hydrogen-bond acceptors (Lipinski definition) is 5. The number of carbonyl (C=O) groups is 1. The molecule has 0 bridgehead atoms. The van der Waals surface area contributed by atoms with Gasteiger partial charge in [-0.3, -0.25) is 4.79 Å². The molecule has 29 heavy (non-hydrogen) atoms. The summed E-state index contributed by atoms with van der Waals surface area (Å²) in [6.45, 7) is 2.90. The number of carbonyl (C=O) groups excluding carboxylic acids is 1. The van der Waals surface area contributed by atoms with E-state index < -0.39 is 0 Å². The average molecular weight is 405 g/mol. The van der Waals surface area contributed by atoms with Crippen molar-refractivity contribution >= 4 is 6.47 Å². The molecule has 2 fully saturated rings. The number of hydrogen-bond donors (Lipinski definition) is 3. The first kappa shape index (κ1) is 21.8. The van der Waals surface area contributed by atoms with Crippen molar-refractivity contribution in [3.05, 3.63) is 17.2 Å². The minimum Gasteiger partial charge on any atom is -0.507 e. The van der Waals surface area contributed by atoms with Crippen LogP contribution in [0, 0.1) is 5.41 Å². The zero-order valence-electron chi connectivity index (χ0n) is 17.7. The number of unbranched alkanes of at least 4 members (excludes halogenated alkanes) is 4. The smallest absolute Gasteiger partial charge is 0.293 e. The van der Waals surface area contributed by atoms with Crippen LogP contribution in [0.2, 0.25) is 0 Å². The van der Waals surface area contributed by atoms with Crippen molar-refractivity contribution in [2.24, 2.45) is 5.41 Å². The van der Waals surface area contributed by atoms with E-state index in [0.717, 1.165) is 63.4 Å². The third-order valence-corrected chi connectivity index (χ3v) is 6.92. The normalized spacial score (nSPS) is 18.4. The van der Waals surface area contributed by atoms with Gasteiger partial charge in [-0.25, -0.2) is 0 Å². The van der Waals surface area contributed by atoms with Gasteiger partial charge in [-0.1, -0.05) is 26.2 Å². The Morgan fingerprint density at radius 2 is 1.55 bits per heavy atom. The summed E-state index contributed by atoms with van der Waals surface area (Å²) in [7, 11) is 0. The predicted molar refractivity (Wildman–Crippen MR) is 112 cm³/mol. The van der Waals surface area contributed by atoms with Gasteiger partial charge in [-0.05, 0) is 87.7 Å². The Balaban J connectivity index is 1.44. The number of benzene rings is 1. The monoisotopic (exact) mass is 404 g/mol. The molecule has 2 aliphatic rings. The second-order valence-corrected chi connectivity index (χ2v) is 9.56. The molecular weight excluding hydrogens is 368 g/mol. The van der Waals surface area contributed by atoms with E-state index in [1.165, 1.54) is 31.7 Å². The minimum absolute atomic E-state index is 0.136. The Bertz CT molecular complexity index is 704. The lowest BCUT2D eigenvalue weighted by Gasteiger charge is -2.15. The van der Waals surface area contributed by atoms with Crippen molar-refractivity contribution in [2.45, 2.75) is 102 Å². The summed E-state index contributed by atoms with van der Waals surface area (Å²) < 4.78 is 5.16. The van der Waals surface area contributed by atoms with E-state index in [9.17, 15) is 20.1 Å². The van der Waals surface area contributed by atoms with Crippen LogP contribution >= 0.6 is 0 Å². The average Bonchev–Trinajstić information content (AvgIpc) is 3.61. The van der Waals surface area contributed by atoms with Crippen LogP contribution in [0.4, 0.5) is 0 Å². The topological polar surface area (TPSA) is 87.0 Å². The highest BCUT2D eigenvalue weighted by molar-refractivity contribution is 5.56. The molecule has 0 saturated heterocycles. The van der Waals surface area contributed by atoms with Gasteiger partial charge in [0, 0.05) is 5.56 Å². The number of aromatic hydroxyl groups is 3. The maximum atomic E-state index is 10.6. The number of ether oxygens (including phenoxy) is 1. The molecule has 1 aromatic rings. The molecule has 0 aromatic heterocycles. The number of rotatable bonds is 14. The zero-order chi connectivity index (χ0) is 20.9. The molecule has 3 N–H and O–H groups in total. The SMILES string of the molecule is CC1(CCCCCc2cc(O)c(O)c(CCCCCC3(OC=O)CC3)c2O)CC1. The van der Waals surface area contributed by atoms with Crippen LogP contribution in [0.5, 0.6) is 17.2 Å². The first-order valence-corrected chi connectivity index (χ1v) is 11.3. The van der Waals surface area contributed by atoms with Gasteiger partial charge in [0.1, 0.15) is 11.4 Å². The third kappa shape index (κ3) is 6.03. The Labute approximate surface area is 174 Å². The van der Waals surface area contributed by atoms with Crippen molar-refractivity contribution in [3.8, 4) is 17.2 Å². The van der Waals surface area contributed by atoms with Crippen LogP contribution in [0.15, 0.2) is 6.07 Å². The minimum atomic E-state index is -0.221. The molecule has 0 radical (unpaired) electrons. The van der Waals surface area contributed by atoms with E-state index in [1.54, 1.807) is 0 Å². The van der Waals surface area contributed by atoms with Gasteiger partial charge in [0.15, 0.2) is 11.5 Å². The summed E-state index contributed by atoms with van der Waals surface area (Å²) in [6, 6.07) is 1.50. The molecule has 0 amide bonds. The summed E-state index contributed by atoms with van der Waals surface area (Å²) in [5.41, 5.74) is 1.55. The fourth-order valence-electron chi connectivity index (χ4n) is 4.29. The summed E-state index contributed by atoms with van der Waals surface area (Å²) in [5, 5.41) is 30.9. The first-order valence-electron chi connectivity index (χ1n) is 11.3. The molecule has 2 aliphatic carbocycles. The lowest BCUT2D eigenvalue weighted by molar-refractivity contribution is -0.135. The van der Waals surface area contributed by atoms with Crippen LogP contribution < -0.4 is 0 Å². The largest absolute Gasteiger partial charge is 0.507 e. The van der Waals surface area contributed by atoms with E-state index in [0.29, 0.717) is 23.9 Å². The predicted octanol–water partition coefficient (Wildman–Crippen LogP) is 5.51. The fraction of sp³-hybridized carbons (Fsp3) is 0.708. The summed E-state index contributed by atoms with van der Waals surface area (Å²) in [4.78, 5) is 10.5. The Morgan fingerprint density at radius 1 is 0.897 bits per heavy atom. The molecule has 2 saturated carbocycles. The van der Waals surface area contributed by atoms with Crippen LogP contribution in [-0.2, 0) is 22.4 Å². The molecule has 5 heteroatoms. The summed E-state index contributed by atoms with van der Waals surface area (Å²) in [6.07, 6.45) is 14.0. The molecule has 162 valence electrons. The molecule has 0 atom stereocenters. The van der Waals surface area contributed by atoms with Gasteiger partial charge >= 0.3 is 0 Å². The van der Waals surface area contributed by atoms with Crippen molar-refractivity contribution in [1.29, 1.82) is 0 Å². The van der Waals surface area contributed by atoms with E-state index in [2.05, 4.69) is 6.92 Å². The Kier molecular flexibility index (Phi) is 6.97. The van der Waals surface area contributed by atoms with Crippen molar-refractivity contribution in [1.82, 2.24) is 0 Å². The van der Waals surface area contributed by atoms with Gasteiger partial charge in [-0.15, -0.1) is 0 Å². The maximum absolute atomic E-state index is 10.6. The van der Waals surface area contributed by atoms with Crippen LogP contribution in [-0.4, -0.2) is 27.4 Å². The van der Waals surface area contributed by atoms with E-state index in [4.69, 9.17) is 4.74 Å². The quantitative estimate of drug-likeness (QED) is 0.165. The van der Waals surface area contributed by atoms with Gasteiger partial charge < -0.3 is 20.1 Å². The fourth-order valence-corrected chi connectivity index (χ4v) is 4.29. The molecule has 5 nitrogen and oxygen atoms in total. The maximum Gasteiger partial charge on any atom is 0.293 e. The van der Waals surface area contributed by atoms with Crippen LogP contribution in [0.3, 0.4) is 0 Å². The van der Waals surface area contributed by atoms with Crippen LogP contribution in [0.1, 0.15) is 95.1 Å². The highest BCUT2D eigenvalue weighted by atomic mass is 16.5. The molecular formula is C24H36O5. The van der Waals surface area contributed by atoms with Crippen molar-refractivity contribution in [2.75, 3.05) is 0 Å². The second-order valence-electron chi connectivity index (χ2n) is 9.56. The summed E-state index contributed by atoms with van der Waals surface area (Å²) >= 11 is 0. The third-order valence-electron chi connectivity index (χ3n) is 6.92. The molecule has 0 heterocycles. The summed E-state index contributed by atoms with van der Waals surface area (Å²) in [5.74, 6) is -0.206. The highest BCUT2D eigenvalue weighted by Gasteiger charge is 2.44. The van der Waals surface area contributed by atoms with Gasteiger partial charge in [-0.2, -0.15) is 0 Å². The lowest BCUT2D eigenvalue weighted by Crippen LogP contribution is -2.12. The van der Waals surface area contributed by atoms with E-state index in [1.807, 2.05) is 0 Å². The standard InChI is InChI=1S/C24H36O5/c1-23(12-13-23)10-6-2-4-8-18-16-20(26)22(28)19(21(18)27)9-5-3-7-11-24(14-15-24)29-17-25/h16-17,26-28H,2-15H2,1H3. The van der Waals surface area contributed by atoms with Crippen molar-refractivity contribution < 1.29 is 24.9 Å². The van der Waals surface area contributed by atoms with E-state index in [-0.39, 0.29) is 22.8 Å².